The van der Waals surface area contributed by atoms with Gasteiger partial charge in [0.2, 0.25) is 0 Å². The molecule has 1 unspecified atom stereocenters. The van der Waals surface area contributed by atoms with E-state index in [1.165, 1.54) is 5.56 Å². The van der Waals surface area contributed by atoms with Gasteiger partial charge < -0.3 is 15.1 Å². The first-order valence-electron chi connectivity index (χ1n) is 9.89. The van der Waals surface area contributed by atoms with E-state index in [0.717, 1.165) is 33.8 Å². The summed E-state index contributed by atoms with van der Waals surface area (Å²) in [6.07, 6.45) is 0.876. The zero-order valence-corrected chi connectivity index (χ0v) is 17.4. The number of likely N-dealkylation sites (N-methyl/N-ethyl adjacent to an activating group) is 1. The molecule has 5 nitrogen and oxygen atoms in total. The molecule has 0 bridgehead atoms. The first-order chi connectivity index (χ1) is 13.3. The van der Waals surface area contributed by atoms with Crippen LogP contribution < -0.4 is 15.1 Å². The Morgan fingerprint density at radius 3 is 2.46 bits per heavy atom. The third-order valence-electron chi connectivity index (χ3n) is 5.74. The predicted octanol–water partition coefficient (Wildman–Crippen LogP) is 2.12. The molecule has 2 amide bonds. The maximum absolute atomic E-state index is 13.2. The summed E-state index contributed by atoms with van der Waals surface area (Å²) >= 11 is 0. The molecular formula is C23H30N3O2+. The first-order valence-corrected chi connectivity index (χ1v) is 9.89. The molecule has 1 aliphatic heterocycles. The van der Waals surface area contributed by atoms with E-state index < -0.39 is 0 Å². The number of quaternary nitrogens is 1. The number of benzene rings is 2. The van der Waals surface area contributed by atoms with Crippen LogP contribution in [0.2, 0.25) is 0 Å². The minimum atomic E-state index is -0.308. The van der Waals surface area contributed by atoms with Crippen LogP contribution in [0.25, 0.3) is 0 Å². The number of rotatable bonds is 5. The number of nitrogens with one attached hydrogen (secondary N) is 2. The van der Waals surface area contributed by atoms with Gasteiger partial charge in [0.1, 0.15) is 0 Å². The van der Waals surface area contributed by atoms with Gasteiger partial charge in [-0.1, -0.05) is 36.4 Å². The fourth-order valence-electron chi connectivity index (χ4n) is 3.92. The molecule has 28 heavy (non-hydrogen) atoms. The number of para-hydroxylation sites is 2. The van der Waals surface area contributed by atoms with E-state index in [-0.39, 0.29) is 30.4 Å². The lowest BCUT2D eigenvalue weighted by Crippen LogP contribution is -3.15. The average molecular weight is 381 g/mol. The van der Waals surface area contributed by atoms with E-state index >= 15 is 0 Å². The largest absolute Gasteiger partial charge is 0.321 e. The minimum Gasteiger partial charge on any atom is -0.321 e. The molecule has 1 aliphatic rings. The van der Waals surface area contributed by atoms with Gasteiger partial charge in [0, 0.05) is 17.4 Å². The van der Waals surface area contributed by atoms with Crippen LogP contribution in [0.4, 0.5) is 11.4 Å². The second-order valence-corrected chi connectivity index (χ2v) is 7.95. The summed E-state index contributed by atoms with van der Waals surface area (Å²) in [6.45, 7) is 8.19. The number of nitrogens with zero attached hydrogens (tertiary/aromatic N) is 1. The Labute approximate surface area is 167 Å². The standard InChI is InChI=1S/C23H29N3O2/c1-15-9-8-10-16(2)22(15)24-21(27)14-25(5)18(4)23(28)26-17(3)13-19-11-6-7-12-20(19)26/h6-12,17-18H,13-14H2,1-5H3,(H,24,27)/p+1/t17-,18+/m0/s1. The molecule has 0 spiro atoms. The summed E-state index contributed by atoms with van der Waals surface area (Å²) in [4.78, 5) is 28.5. The van der Waals surface area contributed by atoms with E-state index in [2.05, 4.69) is 18.3 Å². The third-order valence-corrected chi connectivity index (χ3v) is 5.74. The summed E-state index contributed by atoms with van der Waals surface area (Å²) in [7, 11) is 1.90. The molecule has 0 saturated heterocycles. The van der Waals surface area contributed by atoms with Crippen molar-refractivity contribution in [2.45, 2.75) is 46.2 Å². The minimum absolute atomic E-state index is 0.0647. The Balaban J connectivity index is 1.66. The van der Waals surface area contributed by atoms with Crippen LogP contribution in [0.1, 0.15) is 30.5 Å². The molecule has 2 N–H and O–H groups in total. The van der Waals surface area contributed by atoms with Crippen molar-refractivity contribution in [3.05, 3.63) is 59.2 Å². The fraction of sp³-hybridized carbons (Fsp3) is 0.391. The molecule has 2 aromatic rings. The number of anilines is 2. The molecule has 0 aliphatic carbocycles. The van der Waals surface area contributed by atoms with Crippen LogP contribution in [-0.2, 0) is 16.0 Å². The van der Waals surface area contributed by atoms with E-state index in [1.54, 1.807) is 0 Å². The molecule has 1 heterocycles. The Hall–Kier alpha value is -2.66. The average Bonchev–Trinajstić information content (AvgIpc) is 2.99. The van der Waals surface area contributed by atoms with Crippen LogP contribution in [-0.4, -0.2) is 37.5 Å². The highest BCUT2D eigenvalue weighted by molar-refractivity contribution is 5.99. The third kappa shape index (κ3) is 3.94. The number of amides is 2. The molecule has 0 fully saturated rings. The fourth-order valence-corrected chi connectivity index (χ4v) is 3.92. The second-order valence-electron chi connectivity index (χ2n) is 7.95. The zero-order chi connectivity index (χ0) is 20.4. The number of carbonyl (C=O) groups excluding carboxylic acids is 2. The molecule has 148 valence electrons. The van der Waals surface area contributed by atoms with Crippen molar-refractivity contribution in [2.75, 3.05) is 23.8 Å². The second kappa shape index (κ2) is 8.15. The lowest BCUT2D eigenvalue weighted by molar-refractivity contribution is -0.885. The van der Waals surface area contributed by atoms with Crippen molar-refractivity contribution < 1.29 is 14.5 Å². The summed E-state index contributed by atoms with van der Waals surface area (Å²) in [6, 6.07) is 13.9. The molecule has 0 radical (unpaired) electrons. The molecular weight excluding hydrogens is 350 g/mol. The quantitative estimate of drug-likeness (QED) is 0.835. The smallest absolute Gasteiger partial charge is 0.285 e. The van der Waals surface area contributed by atoms with E-state index in [1.807, 2.05) is 69.1 Å². The number of aryl methyl sites for hydroxylation is 2. The van der Waals surface area contributed by atoms with Crippen molar-refractivity contribution in [2.24, 2.45) is 0 Å². The van der Waals surface area contributed by atoms with E-state index in [4.69, 9.17) is 0 Å². The summed E-state index contributed by atoms with van der Waals surface area (Å²) in [5.41, 5.74) is 5.15. The van der Waals surface area contributed by atoms with Crippen molar-refractivity contribution in [1.29, 1.82) is 0 Å². The zero-order valence-electron chi connectivity index (χ0n) is 17.4. The molecule has 0 saturated carbocycles. The highest BCUT2D eigenvalue weighted by Gasteiger charge is 2.36. The van der Waals surface area contributed by atoms with Crippen molar-refractivity contribution in [3.63, 3.8) is 0 Å². The predicted molar refractivity (Wildman–Crippen MR) is 113 cm³/mol. The maximum Gasteiger partial charge on any atom is 0.285 e. The van der Waals surface area contributed by atoms with Gasteiger partial charge in [0.15, 0.2) is 12.6 Å². The topological polar surface area (TPSA) is 53.9 Å². The highest BCUT2D eigenvalue weighted by Crippen LogP contribution is 2.32. The monoisotopic (exact) mass is 380 g/mol. The van der Waals surface area contributed by atoms with Crippen molar-refractivity contribution in [3.8, 4) is 0 Å². The lowest BCUT2D eigenvalue weighted by Gasteiger charge is -2.28. The number of fused-ring (bicyclic) bond motifs is 1. The van der Waals surface area contributed by atoms with E-state index in [9.17, 15) is 9.59 Å². The van der Waals surface area contributed by atoms with Gasteiger partial charge in [-0.25, -0.2) is 0 Å². The van der Waals surface area contributed by atoms with Crippen LogP contribution in [0, 0.1) is 13.8 Å². The highest BCUT2D eigenvalue weighted by atomic mass is 16.2. The van der Waals surface area contributed by atoms with Crippen LogP contribution in [0.3, 0.4) is 0 Å². The molecule has 2 aromatic carbocycles. The Bertz CT molecular complexity index is 873. The normalized spacial score (nSPS) is 17.8. The SMILES string of the molecule is Cc1cccc(C)c1NC(=O)C[NH+](C)[C@H](C)C(=O)N1c2ccccc2C[C@@H]1C. The molecule has 0 aromatic heterocycles. The van der Waals surface area contributed by atoms with Gasteiger partial charge in [0.05, 0.1) is 7.05 Å². The number of hydrogen-bond donors (Lipinski definition) is 2. The Kier molecular flexibility index (Phi) is 5.84. The number of carbonyl (C=O) groups is 2. The summed E-state index contributed by atoms with van der Waals surface area (Å²) < 4.78 is 0. The molecule has 3 rings (SSSR count). The molecule has 5 heteroatoms. The van der Waals surface area contributed by atoms with Gasteiger partial charge in [-0.15, -0.1) is 0 Å². The van der Waals surface area contributed by atoms with Gasteiger partial charge in [-0.2, -0.15) is 0 Å². The molecule has 3 atom stereocenters. The Morgan fingerprint density at radius 2 is 1.79 bits per heavy atom. The van der Waals surface area contributed by atoms with Gasteiger partial charge in [0.25, 0.3) is 11.8 Å². The van der Waals surface area contributed by atoms with Gasteiger partial charge >= 0.3 is 0 Å². The summed E-state index contributed by atoms with van der Waals surface area (Å²) in [5, 5.41) is 3.01. The van der Waals surface area contributed by atoms with Gasteiger partial charge in [-0.3, -0.25) is 9.59 Å². The van der Waals surface area contributed by atoms with E-state index in [0.29, 0.717) is 0 Å². The Morgan fingerprint density at radius 1 is 1.14 bits per heavy atom. The maximum atomic E-state index is 13.2. The van der Waals surface area contributed by atoms with Gasteiger partial charge in [-0.05, 0) is 56.9 Å². The first kappa shape index (κ1) is 20.1. The number of hydrogen-bond acceptors (Lipinski definition) is 2. The van der Waals surface area contributed by atoms with Crippen LogP contribution >= 0.6 is 0 Å². The summed E-state index contributed by atoms with van der Waals surface area (Å²) in [5.74, 6) is -0.0146. The van der Waals surface area contributed by atoms with Crippen LogP contribution in [0.15, 0.2) is 42.5 Å². The van der Waals surface area contributed by atoms with Crippen molar-refractivity contribution in [1.82, 2.24) is 0 Å². The van der Waals surface area contributed by atoms with Crippen LogP contribution in [0.5, 0.6) is 0 Å². The van der Waals surface area contributed by atoms with Crippen molar-refractivity contribution >= 4 is 23.2 Å². The lowest BCUT2D eigenvalue weighted by atomic mass is 10.1.